The number of carbonyl (C=O) groups excluding carboxylic acids is 1. The van der Waals surface area contributed by atoms with Gasteiger partial charge >= 0.3 is 5.97 Å². The Labute approximate surface area is 105 Å². The summed E-state index contributed by atoms with van der Waals surface area (Å²) in [7, 11) is 0. The molecule has 0 spiro atoms. The first kappa shape index (κ1) is 13.8. The summed E-state index contributed by atoms with van der Waals surface area (Å²) in [6, 6.07) is 5.95. The molecule has 5 heteroatoms. The van der Waals surface area contributed by atoms with Gasteiger partial charge in [0, 0.05) is 12.1 Å². The highest BCUT2D eigenvalue weighted by molar-refractivity contribution is 5.92. The van der Waals surface area contributed by atoms with E-state index in [4.69, 9.17) is 10.2 Å². The average Bonchev–Trinajstić information content (AvgIpc) is 2.27. The van der Waals surface area contributed by atoms with E-state index >= 15 is 0 Å². The largest absolute Gasteiger partial charge is 0.508 e. The zero-order valence-electron chi connectivity index (χ0n) is 9.96. The highest BCUT2D eigenvalue weighted by atomic mass is 16.4. The first-order chi connectivity index (χ1) is 8.47. The van der Waals surface area contributed by atoms with E-state index in [1.807, 2.05) is 0 Å². The van der Waals surface area contributed by atoms with Crippen molar-refractivity contribution in [2.45, 2.75) is 19.4 Å². The van der Waals surface area contributed by atoms with E-state index in [1.54, 1.807) is 25.1 Å². The quantitative estimate of drug-likeness (QED) is 0.688. The van der Waals surface area contributed by atoms with E-state index in [2.05, 4.69) is 5.32 Å². The van der Waals surface area contributed by atoms with E-state index in [0.29, 0.717) is 0 Å². The van der Waals surface area contributed by atoms with Crippen molar-refractivity contribution < 1.29 is 19.8 Å². The van der Waals surface area contributed by atoms with Gasteiger partial charge < -0.3 is 15.5 Å². The van der Waals surface area contributed by atoms with Crippen LogP contribution in [0.3, 0.4) is 0 Å². The fourth-order valence-corrected chi connectivity index (χ4v) is 1.36. The molecule has 0 aromatic heterocycles. The zero-order chi connectivity index (χ0) is 13.5. The molecule has 0 aliphatic rings. The topological polar surface area (TPSA) is 86.6 Å². The van der Waals surface area contributed by atoms with Crippen molar-refractivity contribution in [3.8, 4) is 5.75 Å². The van der Waals surface area contributed by atoms with Gasteiger partial charge in [-0.05, 0) is 30.7 Å². The number of rotatable bonds is 5. The van der Waals surface area contributed by atoms with Crippen LogP contribution in [0.15, 0.2) is 30.3 Å². The minimum atomic E-state index is -0.953. The molecule has 18 heavy (non-hydrogen) atoms. The number of carbonyl (C=O) groups is 2. The molecule has 1 aromatic carbocycles. The Morgan fingerprint density at radius 2 is 1.94 bits per heavy atom. The number of amides is 1. The van der Waals surface area contributed by atoms with Crippen LogP contribution in [0, 0.1) is 0 Å². The zero-order valence-corrected chi connectivity index (χ0v) is 9.96. The third kappa shape index (κ3) is 5.16. The van der Waals surface area contributed by atoms with Gasteiger partial charge in [-0.2, -0.15) is 0 Å². The summed E-state index contributed by atoms with van der Waals surface area (Å²) in [6.45, 7) is 1.63. The molecule has 1 unspecified atom stereocenters. The van der Waals surface area contributed by atoms with Gasteiger partial charge in [0.1, 0.15) is 5.75 Å². The van der Waals surface area contributed by atoms with Crippen LogP contribution < -0.4 is 5.32 Å². The fourth-order valence-electron chi connectivity index (χ4n) is 1.36. The van der Waals surface area contributed by atoms with Crippen LogP contribution in [0.2, 0.25) is 0 Å². The molecule has 96 valence electrons. The molecular formula is C13H15NO4. The molecule has 0 aliphatic heterocycles. The number of phenolic OH excluding ortho intramolecular Hbond substituents is 1. The highest BCUT2D eigenvalue weighted by Crippen LogP contribution is 2.10. The summed E-state index contributed by atoms with van der Waals surface area (Å²) in [5.74, 6) is -1.14. The van der Waals surface area contributed by atoms with Crippen molar-refractivity contribution in [2.75, 3.05) is 0 Å². The van der Waals surface area contributed by atoms with E-state index in [0.717, 1.165) is 5.56 Å². The van der Waals surface area contributed by atoms with Crippen molar-refractivity contribution >= 4 is 18.0 Å². The SMILES string of the molecule is CC(CC(=O)O)NC(=O)/C=C/c1ccc(O)cc1. The van der Waals surface area contributed by atoms with Crippen molar-refractivity contribution in [1.82, 2.24) is 5.32 Å². The second-order valence-corrected chi connectivity index (χ2v) is 3.93. The van der Waals surface area contributed by atoms with Crippen LogP contribution in [0.5, 0.6) is 5.75 Å². The first-order valence-electron chi connectivity index (χ1n) is 5.47. The van der Waals surface area contributed by atoms with E-state index in [-0.39, 0.29) is 18.1 Å². The first-order valence-corrected chi connectivity index (χ1v) is 5.47. The van der Waals surface area contributed by atoms with Gasteiger partial charge in [0.25, 0.3) is 0 Å². The number of carboxylic acids is 1. The number of phenols is 1. The summed E-state index contributed by atoms with van der Waals surface area (Å²) in [5.41, 5.74) is 0.772. The lowest BCUT2D eigenvalue weighted by molar-refractivity contribution is -0.137. The summed E-state index contributed by atoms with van der Waals surface area (Å²) in [4.78, 5) is 21.8. The molecule has 1 rings (SSSR count). The van der Waals surface area contributed by atoms with E-state index in [1.165, 1.54) is 18.2 Å². The van der Waals surface area contributed by atoms with E-state index in [9.17, 15) is 9.59 Å². The van der Waals surface area contributed by atoms with Gasteiger partial charge in [-0.25, -0.2) is 0 Å². The maximum Gasteiger partial charge on any atom is 0.305 e. The molecule has 0 bridgehead atoms. The fraction of sp³-hybridized carbons (Fsp3) is 0.231. The maximum atomic E-state index is 11.4. The number of benzene rings is 1. The van der Waals surface area contributed by atoms with Crippen LogP contribution in [-0.4, -0.2) is 28.1 Å². The number of nitrogens with one attached hydrogen (secondary N) is 1. The molecular weight excluding hydrogens is 234 g/mol. The lowest BCUT2D eigenvalue weighted by atomic mass is 10.2. The molecule has 0 saturated carbocycles. The number of hydrogen-bond acceptors (Lipinski definition) is 3. The highest BCUT2D eigenvalue weighted by Gasteiger charge is 2.08. The minimum Gasteiger partial charge on any atom is -0.508 e. The van der Waals surface area contributed by atoms with Crippen molar-refractivity contribution in [3.05, 3.63) is 35.9 Å². The van der Waals surface area contributed by atoms with Crippen molar-refractivity contribution in [3.63, 3.8) is 0 Å². The molecule has 1 aromatic rings. The van der Waals surface area contributed by atoms with E-state index < -0.39 is 12.0 Å². The predicted molar refractivity (Wildman–Crippen MR) is 67.0 cm³/mol. The van der Waals surface area contributed by atoms with Gasteiger partial charge in [0.2, 0.25) is 5.91 Å². The molecule has 1 amide bonds. The van der Waals surface area contributed by atoms with Crippen LogP contribution in [0.1, 0.15) is 18.9 Å². The van der Waals surface area contributed by atoms with Gasteiger partial charge in [-0.3, -0.25) is 9.59 Å². The Kier molecular flexibility index (Phi) is 4.92. The van der Waals surface area contributed by atoms with Crippen LogP contribution >= 0.6 is 0 Å². The summed E-state index contributed by atoms with van der Waals surface area (Å²) in [6.07, 6.45) is 2.80. The molecule has 0 heterocycles. The second kappa shape index (κ2) is 6.44. The van der Waals surface area contributed by atoms with Crippen LogP contribution in [0.25, 0.3) is 6.08 Å². The minimum absolute atomic E-state index is 0.112. The average molecular weight is 249 g/mol. The Hall–Kier alpha value is -2.30. The smallest absolute Gasteiger partial charge is 0.305 e. The molecule has 0 aliphatic carbocycles. The molecule has 0 fully saturated rings. The molecule has 3 N–H and O–H groups in total. The summed E-state index contributed by atoms with van der Waals surface area (Å²) >= 11 is 0. The van der Waals surface area contributed by atoms with Crippen LogP contribution in [-0.2, 0) is 9.59 Å². The van der Waals surface area contributed by atoms with Crippen LogP contribution in [0.4, 0.5) is 0 Å². The number of carboxylic acid groups (broad SMARTS) is 1. The van der Waals surface area contributed by atoms with Gasteiger partial charge in [0.05, 0.1) is 6.42 Å². The summed E-state index contributed by atoms with van der Waals surface area (Å²) < 4.78 is 0. The predicted octanol–water partition coefficient (Wildman–Crippen LogP) is 1.38. The van der Waals surface area contributed by atoms with Gasteiger partial charge in [0.15, 0.2) is 0 Å². The van der Waals surface area contributed by atoms with Gasteiger partial charge in [-0.1, -0.05) is 12.1 Å². The number of aliphatic carboxylic acids is 1. The number of hydrogen-bond donors (Lipinski definition) is 3. The Bertz CT molecular complexity index is 451. The lowest BCUT2D eigenvalue weighted by Gasteiger charge is -2.08. The lowest BCUT2D eigenvalue weighted by Crippen LogP contribution is -2.32. The third-order valence-electron chi connectivity index (χ3n) is 2.19. The normalized spacial score (nSPS) is 12.3. The standard InChI is InChI=1S/C13H15NO4/c1-9(8-13(17)18)14-12(16)7-4-10-2-5-11(15)6-3-10/h2-7,9,15H,8H2,1H3,(H,14,16)(H,17,18)/b7-4+. The molecule has 0 radical (unpaired) electrons. The molecule has 5 nitrogen and oxygen atoms in total. The maximum absolute atomic E-state index is 11.4. The molecule has 1 atom stereocenters. The van der Waals surface area contributed by atoms with Gasteiger partial charge in [-0.15, -0.1) is 0 Å². The monoisotopic (exact) mass is 249 g/mol. The number of aromatic hydroxyl groups is 1. The Morgan fingerprint density at radius 1 is 1.33 bits per heavy atom. The second-order valence-electron chi connectivity index (χ2n) is 3.93. The third-order valence-corrected chi connectivity index (χ3v) is 2.19. The summed E-state index contributed by atoms with van der Waals surface area (Å²) in [5, 5.41) is 20.2. The Morgan fingerprint density at radius 3 is 2.50 bits per heavy atom. The van der Waals surface area contributed by atoms with Crippen molar-refractivity contribution in [1.29, 1.82) is 0 Å². The Balaban J connectivity index is 2.49. The molecule has 0 saturated heterocycles. The van der Waals surface area contributed by atoms with Crippen molar-refractivity contribution in [2.24, 2.45) is 0 Å².